The highest BCUT2D eigenvalue weighted by Gasteiger charge is 2.16. The molecule has 1 aliphatic rings. The van der Waals surface area contributed by atoms with Gasteiger partial charge in [0, 0.05) is 6.54 Å². The fourth-order valence-corrected chi connectivity index (χ4v) is 2.08. The van der Waals surface area contributed by atoms with Gasteiger partial charge in [-0.25, -0.2) is 0 Å². The molecule has 0 atom stereocenters. The predicted octanol–water partition coefficient (Wildman–Crippen LogP) is 2.01. The summed E-state index contributed by atoms with van der Waals surface area (Å²) in [4.78, 5) is 2.41. The highest BCUT2D eigenvalue weighted by Crippen LogP contribution is 2.30. The molecule has 3 heteroatoms. The Morgan fingerprint density at radius 2 is 2.06 bits per heavy atom. The lowest BCUT2D eigenvalue weighted by atomic mass is 10.2. The zero-order chi connectivity index (χ0) is 11.2. The molecule has 0 radical (unpaired) electrons. The van der Waals surface area contributed by atoms with Crippen LogP contribution in [0.1, 0.15) is 19.3 Å². The van der Waals surface area contributed by atoms with Crippen LogP contribution in [0.5, 0.6) is 5.75 Å². The van der Waals surface area contributed by atoms with Crippen molar-refractivity contribution in [3.05, 3.63) is 24.3 Å². The molecule has 1 aromatic carbocycles. The Bertz CT molecular complexity index is 327. The van der Waals surface area contributed by atoms with Gasteiger partial charge in [0.05, 0.1) is 12.2 Å². The monoisotopic (exact) mass is 220 g/mol. The first kappa shape index (κ1) is 11.3. The number of anilines is 1. The van der Waals surface area contributed by atoms with E-state index in [-0.39, 0.29) is 0 Å². The largest absolute Gasteiger partial charge is 0.490 e. The van der Waals surface area contributed by atoms with Crippen molar-refractivity contribution in [3.8, 4) is 5.75 Å². The Morgan fingerprint density at radius 1 is 1.19 bits per heavy atom. The number of fused-ring (bicyclic) bond motifs is 1. The van der Waals surface area contributed by atoms with Crippen molar-refractivity contribution in [1.29, 1.82) is 0 Å². The smallest absolute Gasteiger partial charge is 0.142 e. The topological polar surface area (TPSA) is 38.5 Å². The van der Waals surface area contributed by atoms with Crippen LogP contribution in [0.15, 0.2) is 24.3 Å². The summed E-state index contributed by atoms with van der Waals surface area (Å²) in [6, 6.07) is 8.27. The van der Waals surface area contributed by atoms with Crippen LogP contribution in [-0.2, 0) is 0 Å². The Morgan fingerprint density at radius 3 is 2.94 bits per heavy atom. The second-order valence-electron chi connectivity index (χ2n) is 4.15. The lowest BCUT2D eigenvalue weighted by Crippen LogP contribution is -2.33. The highest BCUT2D eigenvalue weighted by atomic mass is 16.5. The molecule has 0 spiro atoms. The second-order valence-corrected chi connectivity index (χ2v) is 4.15. The van der Waals surface area contributed by atoms with E-state index in [4.69, 9.17) is 10.5 Å². The molecule has 1 heterocycles. The lowest BCUT2D eigenvalue weighted by molar-refractivity contribution is 0.307. The molecule has 0 saturated carbocycles. The summed E-state index contributed by atoms with van der Waals surface area (Å²) in [6.07, 6.45) is 3.56. The molecule has 0 unspecified atom stereocenters. The molecule has 2 rings (SSSR count). The predicted molar refractivity (Wildman–Crippen MR) is 67.1 cm³/mol. The van der Waals surface area contributed by atoms with Crippen molar-refractivity contribution in [1.82, 2.24) is 0 Å². The Balaban J connectivity index is 1.91. The third-order valence-corrected chi connectivity index (χ3v) is 2.96. The summed E-state index contributed by atoms with van der Waals surface area (Å²) in [6.45, 7) is 3.72. The highest BCUT2D eigenvalue weighted by molar-refractivity contribution is 5.59. The van der Waals surface area contributed by atoms with Gasteiger partial charge < -0.3 is 15.4 Å². The summed E-state index contributed by atoms with van der Waals surface area (Å²) in [7, 11) is 0. The van der Waals surface area contributed by atoms with Crippen molar-refractivity contribution in [2.45, 2.75) is 19.3 Å². The van der Waals surface area contributed by atoms with E-state index >= 15 is 0 Å². The maximum Gasteiger partial charge on any atom is 0.142 e. The first-order valence-corrected chi connectivity index (χ1v) is 6.08. The van der Waals surface area contributed by atoms with Gasteiger partial charge in [0.15, 0.2) is 0 Å². The molecular formula is C13H20N2O. The van der Waals surface area contributed by atoms with E-state index in [0.717, 1.165) is 38.4 Å². The molecule has 16 heavy (non-hydrogen) atoms. The van der Waals surface area contributed by atoms with E-state index in [1.807, 2.05) is 12.1 Å². The number of nitrogens with zero attached hydrogens (tertiary/aromatic N) is 1. The molecule has 3 nitrogen and oxygen atoms in total. The molecule has 0 aromatic heterocycles. The summed E-state index contributed by atoms with van der Waals surface area (Å²) in [5.74, 6) is 1.02. The van der Waals surface area contributed by atoms with E-state index in [1.54, 1.807) is 0 Å². The maximum absolute atomic E-state index is 5.62. The molecule has 1 aliphatic heterocycles. The van der Waals surface area contributed by atoms with Gasteiger partial charge in [0.1, 0.15) is 12.4 Å². The van der Waals surface area contributed by atoms with Crippen LogP contribution in [0.3, 0.4) is 0 Å². The van der Waals surface area contributed by atoms with Crippen LogP contribution in [-0.4, -0.2) is 26.2 Å². The number of benzene rings is 1. The fourth-order valence-electron chi connectivity index (χ4n) is 2.08. The van der Waals surface area contributed by atoms with E-state index in [1.165, 1.54) is 18.5 Å². The molecule has 0 amide bonds. The van der Waals surface area contributed by atoms with E-state index < -0.39 is 0 Å². The summed E-state index contributed by atoms with van der Waals surface area (Å²) >= 11 is 0. The third-order valence-electron chi connectivity index (χ3n) is 2.96. The van der Waals surface area contributed by atoms with Gasteiger partial charge in [-0.2, -0.15) is 0 Å². The van der Waals surface area contributed by atoms with Crippen molar-refractivity contribution in [2.75, 3.05) is 31.1 Å². The normalized spacial score (nSPS) is 14.4. The molecule has 0 aliphatic carbocycles. The van der Waals surface area contributed by atoms with Gasteiger partial charge in [-0.3, -0.25) is 0 Å². The minimum absolute atomic E-state index is 0.800. The van der Waals surface area contributed by atoms with Crippen LogP contribution in [0, 0.1) is 0 Å². The Kier molecular flexibility index (Phi) is 4.05. The number of nitrogens with two attached hydrogens (primary N) is 1. The van der Waals surface area contributed by atoms with Crippen LogP contribution in [0.25, 0.3) is 0 Å². The van der Waals surface area contributed by atoms with Crippen molar-refractivity contribution < 1.29 is 4.74 Å². The number of ether oxygens (including phenoxy) is 1. The summed E-state index contributed by atoms with van der Waals surface area (Å²) in [5.41, 5.74) is 6.73. The first-order valence-electron chi connectivity index (χ1n) is 6.08. The first-order chi connectivity index (χ1) is 7.92. The average molecular weight is 220 g/mol. The van der Waals surface area contributed by atoms with E-state index in [0.29, 0.717) is 0 Å². The molecule has 0 fully saturated rings. The van der Waals surface area contributed by atoms with Gasteiger partial charge in [-0.1, -0.05) is 18.6 Å². The lowest BCUT2D eigenvalue weighted by Gasteiger charge is -2.31. The number of hydrogen-bond donors (Lipinski definition) is 1. The van der Waals surface area contributed by atoms with Crippen molar-refractivity contribution in [3.63, 3.8) is 0 Å². The van der Waals surface area contributed by atoms with Crippen molar-refractivity contribution >= 4 is 5.69 Å². The van der Waals surface area contributed by atoms with Gasteiger partial charge >= 0.3 is 0 Å². The summed E-state index contributed by atoms with van der Waals surface area (Å²) in [5, 5.41) is 0. The van der Waals surface area contributed by atoms with E-state index in [2.05, 4.69) is 17.0 Å². The average Bonchev–Trinajstić information content (AvgIpc) is 2.35. The Labute approximate surface area is 97.2 Å². The number of unbranched alkanes of at least 4 members (excludes halogenated alkanes) is 2. The minimum atomic E-state index is 0.800. The van der Waals surface area contributed by atoms with Gasteiger partial charge in [0.2, 0.25) is 0 Å². The van der Waals surface area contributed by atoms with Crippen LogP contribution < -0.4 is 15.4 Å². The van der Waals surface area contributed by atoms with E-state index in [9.17, 15) is 0 Å². The maximum atomic E-state index is 5.62. The Hall–Kier alpha value is -1.22. The van der Waals surface area contributed by atoms with Crippen LogP contribution in [0.4, 0.5) is 5.69 Å². The SMILES string of the molecule is NCCCCCN1CCOc2ccccc21. The van der Waals surface area contributed by atoms with Crippen molar-refractivity contribution in [2.24, 2.45) is 5.73 Å². The molecular weight excluding hydrogens is 200 g/mol. The quantitative estimate of drug-likeness (QED) is 0.771. The van der Waals surface area contributed by atoms with Crippen LogP contribution in [0.2, 0.25) is 0 Å². The second kappa shape index (κ2) is 5.75. The van der Waals surface area contributed by atoms with Gasteiger partial charge in [-0.05, 0) is 31.5 Å². The molecule has 0 bridgehead atoms. The van der Waals surface area contributed by atoms with Gasteiger partial charge in [0.25, 0.3) is 0 Å². The fraction of sp³-hybridized carbons (Fsp3) is 0.538. The zero-order valence-electron chi connectivity index (χ0n) is 9.69. The standard InChI is InChI=1S/C13H20N2O/c14-8-4-1-5-9-15-10-11-16-13-7-3-2-6-12(13)15/h2-3,6-7H,1,4-5,8-11,14H2. The summed E-state index contributed by atoms with van der Waals surface area (Å²) < 4.78 is 5.62. The number of hydrogen-bond acceptors (Lipinski definition) is 3. The van der Waals surface area contributed by atoms with Gasteiger partial charge in [-0.15, -0.1) is 0 Å². The minimum Gasteiger partial charge on any atom is -0.490 e. The molecule has 0 saturated heterocycles. The van der Waals surface area contributed by atoms with Crippen LogP contribution >= 0.6 is 0 Å². The molecule has 2 N–H and O–H groups in total. The third kappa shape index (κ3) is 2.67. The number of rotatable bonds is 5. The molecule has 1 aromatic rings. The number of para-hydroxylation sites is 2. The zero-order valence-corrected chi connectivity index (χ0v) is 9.69. The molecule has 88 valence electrons.